The summed E-state index contributed by atoms with van der Waals surface area (Å²) in [7, 11) is 0. The lowest BCUT2D eigenvalue weighted by Crippen LogP contribution is -2.32. The molecule has 0 fully saturated rings. The van der Waals surface area contributed by atoms with Crippen LogP contribution in [0.25, 0.3) is 0 Å². The van der Waals surface area contributed by atoms with Gasteiger partial charge in [-0.05, 0) is 39.8 Å². The second-order valence-corrected chi connectivity index (χ2v) is 4.79. The summed E-state index contributed by atoms with van der Waals surface area (Å²) in [5.74, 6) is 5.81. The lowest BCUT2D eigenvalue weighted by atomic mass is 10.2. The van der Waals surface area contributed by atoms with Crippen molar-refractivity contribution in [2.45, 2.75) is 33.3 Å². The number of pyridine rings is 1. The molecule has 1 amide bonds. The van der Waals surface area contributed by atoms with E-state index < -0.39 is 11.7 Å². The molecule has 1 heterocycles. The zero-order chi connectivity index (χ0) is 13.6. The fourth-order valence-corrected chi connectivity index (χ4v) is 1.19. The van der Waals surface area contributed by atoms with E-state index in [1.54, 1.807) is 6.20 Å². The average Bonchev–Trinajstić information content (AvgIpc) is 2.24. The molecule has 1 rings (SSSR count). The maximum Gasteiger partial charge on any atom is 0.408 e. The van der Waals surface area contributed by atoms with Crippen molar-refractivity contribution in [1.82, 2.24) is 10.3 Å². The molecular weight excluding hydrogens is 228 g/mol. The number of nitrogens with zero attached hydrogens (tertiary/aromatic N) is 1. The largest absolute Gasteiger partial charge is 0.444 e. The van der Waals surface area contributed by atoms with Gasteiger partial charge in [-0.25, -0.2) is 4.79 Å². The molecule has 0 bridgehead atoms. The smallest absolute Gasteiger partial charge is 0.408 e. The minimum Gasteiger partial charge on any atom is -0.444 e. The molecular formula is C14H18N2O2. The number of carbonyl (C=O) groups excluding carboxylic acids is 1. The van der Waals surface area contributed by atoms with Crippen molar-refractivity contribution < 1.29 is 9.53 Å². The molecule has 0 unspecified atom stereocenters. The predicted molar refractivity (Wildman–Crippen MR) is 70.1 cm³/mol. The highest BCUT2D eigenvalue weighted by Gasteiger charge is 2.14. The maximum absolute atomic E-state index is 11.3. The van der Waals surface area contributed by atoms with E-state index in [4.69, 9.17) is 4.74 Å². The molecule has 18 heavy (non-hydrogen) atoms. The second kappa shape index (κ2) is 6.06. The van der Waals surface area contributed by atoms with Gasteiger partial charge in [0.05, 0.1) is 12.2 Å². The molecule has 1 N–H and O–H groups in total. The first kappa shape index (κ1) is 14.0. The Bertz CT molecular complexity index is 479. The Morgan fingerprint density at radius 2 is 2.22 bits per heavy atom. The molecule has 1 aromatic heterocycles. The van der Waals surface area contributed by atoms with Gasteiger partial charge in [-0.2, -0.15) is 0 Å². The minimum atomic E-state index is -0.489. The number of carbonyl (C=O) groups is 1. The summed E-state index contributed by atoms with van der Waals surface area (Å²) in [6, 6.07) is 3.72. The monoisotopic (exact) mass is 246 g/mol. The Kier molecular flexibility index (Phi) is 4.73. The number of ether oxygens (including phenoxy) is 1. The predicted octanol–water partition coefficient (Wildman–Crippen LogP) is 2.27. The summed E-state index contributed by atoms with van der Waals surface area (Å²) in [5.41, 5.74) is 1.25. The maximum atomic E-state index is 11.3. The van der Waals surface area contributed by atoms with E-state index in [1.165, 1.54) is 0 Å². The van der Waals surface area contributed by atoms with Crippen LogP contribution in [0.4, 0.5) is 4.79 Å². The molecule has 0 aliphatic rings. The molecule has 0 radical (unpaired) electrons. The summed E-state index contributed by atoms with van der Waals surface area (Å²) >= 11 is 0. The number of hydrogen-bond donors (Lipinski definition) is 1. The quantitative estimate of drug-likeness (QED) is 0.773. The van der Waals surface area contributed by atoms with Crippen LogP contribution < -0.4 is 5.32 Å². The molecule has 4 nitrogen and oxygen atoms in total. The van der Waals surface area contributed by atoms with Gasteiger partial charge in [-0.15, -0.1) is 0 Å². The van der Waals surface area contributed by atoms with Crippen molar-refractivity contribution in [1.29, 1.82) is 0 Å². The summed E-state index contributed by atoms with van der Waals surface area (Å²) in [4.78, 5) is 15.5. The van der Waals surface area contributed by atoms with Crippen LogP contribution in [-0.2, 0) is 4.74 Å². The van der Waals surface area contributed by atoms with Crippen molar-refractivity contribution in [2.75, 3.05) is 6.54 Å². The third-order valence-corrected chi connectivity index (χ3v) is 1.95. The van der Waals surface area contributed by atoms with Crippen molar-refractivity contribution in [3.8, 4) is 11.8 Å². The van der Waals surface area contributed by atoms with E-state index in [2.05, 4.69) is 22.1 Å². The van der Waals surface area contributed by atoms with Crippen molar-refractivity contribution >= 4 is 6.09 Å². The Labute approximate surface area is 108 Å². The van der Waals surface area contributed by atoms with Crippen LogP contribution >= 0.6 is 0 Å². The number of alkyl carbamates (subject to hydrolysis) is 1. The Morgan fingerprint density at radius 3 is 2.83 bits per heavy atom. The first-order valence-corrected chi connectivity index (χ1v) is 5.76. The molecule has 96 valence electrons. The normalized spacial score (nSPS) is 10.2. The van der Waals surface area contributed by atoms with Crippen molar-refractivity contribution in [3.05, 3.63) is 29.6 Å². The zero-order valence-electron chi connectivity index (χ0n) is 11.2. The van der Waals surface area contributed by atoms with Gasteiger partial charge < -0.3 is 10.1 Å². The van der Waals surface area contributed by atoms with E-state index in [0.29, 0.717) is 0 Å². The van der Waals surface area contributed by atoms with Crippen molar-refractivity contribution in [3.63, 3.8) is 0 Å². The van der Waals surface area contributed by atoms with Crippen LogP contribution in [-0.4, -0.2) is 23.2 Å². The highest BCUT2D eigenvalue weighted by Crippen LogP contribution is 2.06. The van der Waals surface area contributed by atoms with Crippen LogP contribution in [0.5, 0.6) is 0 Å². The number of aryl methyl sites for hydroxylation is 1. The van der Waals surface area contributed by atoms with Gasteiger partial charge in [0, 0.05) is 11.8 Å². The fourth-order valence-electron chi connectivity index (χ4n) is 1.19. The number of nitrogens with one attached hydrogen (secondary N) is 1. The number of hydrogen-bond acceptors (Lipinski definition) is 3. The molecule has 0 aliphatic carbocycles. The van der Waals surface area contributed by atoms with E-state index in [0.717, 1.165) is 11.3 Å². The van der Waals surface area contributed by atoms with E-state index >= 15 is 0 Å². The lowest BCUT2D eigenvalue weighted by Gasteiger charge is -2.18. The van der Waals surface area contributed by atoms with Crippen LogP contribution in [0.15, 0.2) is 18.3 Å². The van der Waals surface area contributed by atoms with Crippen LogP contribution in [0.3, 0.4) is 0 Å². The van der Waals surface area contributed by atoms with Crippen LogP contribution in [0.2, 0.25) is 0 Å². The molecule has 4 heteroatoms. The van der Waals surface area contributed by atoms with E-state index in [-0.39, 0.29) is 6.54 Å². The fraction of sp³-hybridized carbons (Fsp3) is 0.429. The topological polar surface area (TPSA) is 51.2 Å². The SMILES string of the molecule is Cc1ncccc1C#CCNC(=O)OC(C)(C)C. The van der Waals surface area contributed by atoms with Gasteiger partial charge in [0.2, 0.25) is 0 Å². The van der Waals surface area contributed by atoms with Gasteiger partial charge in [-0.3, -0.25) is 4.98 Å². The third kappa shape index (κ3) is 5.35. The lowest BCUT2D eigenvalue weighted by molar-refractivity contribution is 0.0535. The zero-order valence-corrected chi connectivity index (χ0v) is 11.2. The molecule has 0 saturated carbocycles. The van der Waals surface area contributed by atoms with E-state index in [9.17, 15) is 4.79 Å². The molecule has 0 saturated heterocycles. The average molecular weight is 246 g/mol. The van der Waals surface area contributed by atoms with Gasteiger partial charge in [0.15, 0.2) is 0 Å². The molecule has 0 aromatic carbocycles. The minimum absolute atomic E-state index is 0.253. The van der Waals surface area contributed by atoms with E-state index in [1.807, 2.05) is 39.8 Å². The van der Waals surface area contributed by atoms with Crippen LogP contribution in [0, 0.1) is 18.8 Å². The first-order valence-electron chi connectivity index (χ1n) is 5.76. The Morgan fingerprint density at radius 1 is 1.50 bits per heavy atom. The highest BCUT2D eigenvalue weighted by atomic mass is 16.6. The number of amides is 1. The van der Waals surface area contributed by atoms with Gasteiger partial charge in [-0.1, -0.05) is 11.8 Å². The standard InChI is InChI=1S/C14H18N2O2/c1-11-12(7-5-9-15-11)8-6-10-16-13(17)18-14(2,3)4/h5,7,9H,10H2,1-4H3,(H,16,17). The molecule has 0 spiro atoms. The van der Waals surface area contributed by atoms with Crippen LogP contribution in [0.1, 0.15) is 32.0 Å². The summed E-state index contributed by atoms with van der Waals surface area (Å²) < 4.78 is 5.08. The van der Waals surface area contributed by atoms with Gasteiger partial charge in [0.1, 0.15) is 5.60 Å². The number of rotatable bonds is 1. The summed E-state index contributed by atoms with van der Waals surface area (Å²) in [6.45, 7) is 7.60. The highest BCUT2D eigenvalue weighted by molar-refractivity contribution is 5.68. The molecule has 0 aliphatic heterocycles. The first-order chi connectivity index (χ1) is 8.38. The van der Waals surface area contributed by atoms with Crippen molar-refractivity contribution in [2.24, 2.45) is 0 Å². The molecule has 0 atom stereocenters. The Balaban J connectivity index is 2.44. The summed E-state index contributed by atoms with van der Waals surface area (Å²) in [6.07, 6.45) is 1.26. The second-order valence-electron chi connectivity index (χ2n) is 4.79. The number of aromatic nitrogens is 1. The third-order valence-electron chi connectivity index (χ3n) is 1.95. The molecule has 1 aromatic rings. The summed E-state index contributed by atoms with van der Waals surface area (Å²) in [5, 5.41) is 2.57. The Hall–Kier alpha value is -2.02. The van der Waals surface area contributed by atoms with Gasteiger partial charge in [0.25, 0.3) is 0 Å². The van der Waals surface area contributed by atoms with Gasteiger partial charge >= 0.3 is 6.09 Å².